The third kappa shape index (κ3) is 5.73. The van der Waals surface area contributed by atoms with Crippen molar-refractivity contribution in [2.45, 2.75) is 63.3 Å². The minimum Gasteiger partial charge on any atom is -0.481 e. The number of aliphatic carboxylic acids is 1. The third-order valence-electron chi connectivity index (χ3n) is 8.96. The Morgan fingerprint density at radius 2 is 1.80 bits per heavy atom. The zero-order chi connectivity index (χ0) is 28.4. The van der Waals surface area contributed by atoms with Gasteiger partial charge in [-0.1, -0.05) is 54.6 Å². The van der Waals surface area contributed by atoms with Gasteiger partial charge in [-0.25, -0.2) is 9.97 Å². The number of unbranched alkanes of at least 4 members (excludes halogenated alkanes) is 1. The summed E-state index contributed by atoms with van der Waals surface area (Å²) in [5, 5.41) is 12.3. The van der Waals surface area contributed by atoms with Crippen molar-refractivity contribution in [3.8, 4) is 11.3 Å². The van der Waals surface area contributed by atoms with Crippen molar-refractivity contribution in [1.29, 1.82) is 0 Å². The van der Waals surface area contributed by atoms with Crippen molar-refractivity contribution in [2.24, 2.45) is 11.8 Å². The summed E-state index contributed by atoms with van der Waals surface area (Å²) in [4.78, 5) is 49.3. The highest BCUT2D eigenvalue weighted by atomic mass is 16.4. The lowest BCUT2D eigenvalue weighted by Crippen LogP contribution is -2.62. The number of carboxylic acid groups (broad SMARTS) is 1. The molecule has 212 valence electrons. The van der Waals surface area contributed by atoms with Crippen LogP contribution in [-0.2, 0) is 27.2 Å². The van der Waals surface area contributed by atoms with Crippen molar-refractivity contribution >= 4 is 23.9 Å². The van der Waals surface area contributed by atoms with E-state index in [1.165, 1.54) is 0 Å². The van der Waals surface area contributed by atoms with Crippen LogP contribution in [-0.4, -0.2) is 56.4 Å². The third-order valence-corrected chi connectivity index (χ3v) is 8.96. The average molecular weight is 553 g/mol. The number of rotatable bonds is 7. The summed E-state index contributed by atoms with van der Waals surface area (Å²) in [6.07, 6.45) is 15.8. The molecule has 2 aromatic rings. The van der Waals surface area contributed by atoms with E-state index in [-0.39, 0.29) is 35.6 Å². The highest BCUT2D eigenvalue weighted by Crippen LogP contribution is 2.39. The number of carboxylic acids is 1. The SMILES string of the molecule is O=C(O)CCCCc1nc2c(nc1-c1ccccc1)CCC(C(=O)N1CCC3(CC1)CC1C=CC=CC1C(=O)N3)=C2. The van der Waals surface area contributed by atoms with Crippen LogP contribution in [0.3, 0.4) is 0 Å². The van der Waals surface area contributed by atoms with Gasteiger partial charge in [-0.3, -0.25) is 14.4 Å². The van der Waals surface area contributed by atoms with Crippen LogP contribution in [0.15, 0.2) is 60.2 Å². The molecule has 4 aliphatic rings. The lowest BCUT2D eigenvalue weighted by Gasteiger charge is -2.48. The summed E-state index contributed by atoms with van der Waals surface area (Å²) in [5.41, 5.74) is 4.80. The van der Waals surface area contributed by atoms with E-state index in [9.17, 15) is 14.4 Å². The molecule has 0 bridgehead atoms. The number of nitrogens with one attached hydrogen (secondary N) is 1. The van der Waals surface area contributed by atoms with Gasteiger partial charge in [-0.2, -0.15) is 0 Å². The molecule has 1 spiro atoms. The number of allylic oxidation sites excluding steroid dienone is 3. The Kier molecular flexibility index (Phi) is 7.56. The minimum atomic E-state index is -0.794. The highest BCUT2D eigenvalue weighted by Gasteiger charge is 2.46. The fourth-order valence-electron chi connectivity index (χ4n) is 6.70. The standard InChI is InChI=1S/C33H36N4O4/c38-29(39)13-7-6-12-27-30(22-8-2-1-3-9-22)35-26-15-14-23(20-28(26)34-27)32(41)37-18-16-33(17-19-37)21-24-10-4-5-11-25(24)31(40)36-33/h1-5,8-11,20,24-25H,6-7,12-19,21H2,(H,36,40)(H,38,39). The van der Waals surface area contributed by atoms with Crippen molar-refractivity contribution in [3.63, 3.8) is 0 Å². The van der Waals surface area contributed by atoms with Crippen molar-refractivity contribution in [3.05, 3.63) is 77.3 Å². The molecule has 2 aliphatic heterocycles. The molecule has 2 aliphatic carbocycles. The van der Waals surface area contributed by atoms with E-state index in [2.05, 4.69) is 11.4 Å². The summed E-state index contributed by atoms with van der Waals surface area (Å²) in [6, 6.07) is 9.95. The van der Waals surface area contributed by atoms with Gasteiger partial charge in [0.2, 0.25) is 11.8 Å². The summed E-state index contributed by atoms with van der Waals surface area (Å²) in [6.45, 7) is 1.24. The lowest BCUT2D eigenvalue weighted by atomic mass is 9.70. The molecule has 2 atom stereocenters. The Hall–Kier alpha value is -4.07. The molecule has 2 unspecified atom stereocenters. The fraction of sp³-hybridized carbons (Fsp3) is 0.424. The number of aryl methyl sites for hydroxylation is 2. The second-order valence-corrected chi connectivity index (χ2v) is 11.7. The topological polar surface area (TPSA) is 112 Å². The molecule has 2 amide bonds. The lowest BCUT2D eigenvalue weighted by molar-refractivity contribution is -0.137. The van der Waals surface area contributed by atoms with Crippen LogP contribution in [0.2, 0.25) is 0 Å². The van der Waals surface area contributed by atoms with Crippen LogP contribution in [0.4, 0.5) is 0 Å². The number of nitrogens with zero attached hydrogens (tertiary/aromatic N) is 3. The predicted octanol–water partition coefficient (Wildman–Crippen LogP) is 4.51. The molecule has 2 N–H and O–H groups in total. The van der Waals surface area contributed by atoms with Gasteiger partial charge in [-0.15, -0.1) is 0 Å². The van der Waals surface area contributed by atoms with Gasteiger partial charge in [-0.05, 0) is 63.4 Å². The molecule has 2 fully saturated rings. The van der Waals surface area contributed by atoms with Crippen LogP contribution in [0.5, 0.6) is 0 Å². The maximum atomic E-state index is 13.6. The molecule has 8 nitrogen and oxygen atoms in total. The summed E-state index contributed by atoms with van der Waals surface area (Å²) in [7, 11) is 0. The van der Waals surface area contributed by atoms with Gasteiger partial charge in [0.25, 0.3) is 0 Å². The number of piperidine rings is 2. The zero-order valence-electron chi connectivity index (χ0n) is 23.2. The van der Waals surface area contributed by atoms with E-state index < -0.39 is 5.97 Å². The smallest absolute Gasteiger partial charge is 0.303 e. The van der Waals surface area contributed by atoms with Crippen LogP contribution in [0, 0.1) is 11.8 Å². The second-order valence-electron chi connectivity index (χ2n) is 11.7. The Balaban J connectivity index is 1.17. The van der Waals surface area contributed by atoms with Gasteiger partial charge < -0.3 is 15.3 Å². The molecule has 41 heavy (non-hydrogen) atoms. The Bertz CT molecular complexity index is 1440. The van der Waals surface area contributed by atoms with E-state index in [0.29, 0.717) is 45.2 Å². The monoisotopic (exact) mass is 552 g/mol. The first-order valence-electron chi connectivity index (χ1n) is 14.7. The molecule has 2 saturated heterocycles. The molecular formula is C33H36N4O4. The van der Waals surface area contributed by atoms with E-state index >= 15 is 0 Å². The summed E-state index contributed by atoms with van der Waals surface area (Å²) >= 11 is 0. The predicted molar refractivity (Wildman–Crippen MR) is 156 cm³/mol. The van der Waals surface area contributed by atoms with Crippen LogP contribution in [0.25, 0.3) is 17.3 Å². The molecule has 6 rings (SSSR count). The second kappa shape index (κ2) is 11.4. The number of fused-ring (bicyclic) bond motifs is 2. The first kappa shape index (κ1) is 27.1. The first-order chi connectivity index (χ1) is 19.9. The van der Waals surface area contributed by atoms with Gasteiger partial charge in [0.05, 0.1) is 28.7 Å². The summed E-state index contributed by atoms with van der Waals surface area (Å²) in [5.74, 6) is -0.504. The van der Waals surface area contributed by atoms with E-state index in [4.69, 9.17) is 15.1 Å². The Morgan fingerprint density at radius 3 is 2.59 bits per heavy atom. The maximum absolute atomic E-state index is 13.6. The summed E-state index contributed by atoms with van der Waals surface area (Å²) < 4.78 is 0. The number of carbonyl (C=O) groups excluding carboxylic acids is 2. The molecule has 1 aromatic carbocycles. The van der Waals surface area contributed by atoms with Crippen LogP contribution >= 0.6 is 0 Å². The number of benzene rings is 1. The van der Waals surface area contributed by atoms with Gasteiger partial charge in [0.15, 0.2) is 0 Å². The van der Waals surface area contributed by atoms with Crippen LogP contribution in [0.1, 0.15) is 62.0 Å². The van der Waals surface area contributed by atoms with E-state index in [1.807, 2.05) is 59.5 Å². The van der Waals surface area contributed by atoms with Crippen molar-refractivity contribution in [2.75, 3.05) is 13.1 Å². The molecular weight excluding hydrogens is 516 g/mol. The number of aromatic nitrogens is 2. The normalized spacial score (nSPS) is 22.5. The minimum absolute atomic E-state index is 0.0444. The van der Waals surface area contributed by atoms with Crippen molar-refractivity contribution < 1.29 is 19.5 Å². The molecule has 1 aromatic heterocycles. The number of amides is 2. The fourth-order valence-corrected chi connectivity index (χ4v) is 6.70. The van der Waals surface area contributed by atoms with Gasteiger partial charge in [0.1, 0.15) is 0 Å². The molecule has 0 saturated carbocycles. The quantitative estimate of drug-likeness (QED) is 0.489. The highest BCUT2D eigenvalue weighted by molar-refractivity contribution is 5.98. The average Bonchev–Trinajstić information content (AvgIpc) is 2.99. The van der Waals surface area contributed by atoms with Crippen molar-refractivity contribution in [1.82, 2.24) is 20.2 Å². The van der Waals surface area contributed by atoms with Crippen LogP contribution < -0.4 is 5.32 Å². The molecule has 3 heterocycles. The molecule has 0 radical (unpaired) electrons. The van der Waals surface area contributed by atoms with E-state index in [0.717, 1.165) is 53.2 Å². The maximum Gasteiger partial charge on any atom is 0.303 e. The number of carbonyl (C=O) groups is 3. The number of likely N-dealkylation sites (tertiary alicyclic amines) is 1. The largest absolute Gasteiger partial charge is 0.481 e. The van der Waals surface area contributed by atoms with E-state index in [1.54, 1.807) is 0 Å². The first-order valence-corrected chi connectivity index (χ1v) is 14.7. The van der Waals surface area contributed by atoms with Gasteiger partial charge >= 0.3 is 5.97 Å². The number of hydrogen-bond acceptors (Lipinski definition) is 5. The Labute approximate surface area is 240 Å². The zero-order valence-corrected chi connectivity index (χ0v) is 23.2. The Morgan fingerprint density at radius 1 is 1.02 bits per heavy atom. The number of hydrogen-bond donors (Lipinski definition) is 2. The molecule has 8 heteroatoms. The van der Waals surface area contributed by atoms with Gasteiger partial charge in [0, 0.05) is 36.2 Å².